The van der Waals surface area contributed by atoms with Crippen molar-refractivity contribution in [2.75, 3.05) is 29.5 Å². The van der Waals surface area contributed by atoms with E-state index in [1.54, 1.807) is 52.3 Å². The first kappa shape index (κ1) is 24.0. The van der Waals surface area contributed by atoms with Gasteiger partial charge in [0.2, 0.25) is 5.91 Å². The van der Waals surface area contributed by atoms with Crippen LogP contribution in [0.15, 0.2) is 88.2 Å². The lowest BCUT2D eigenvalue weighted by Gasteiger charge is -2.25. The topological polar surface area (TPSA) is 96.3 Å². The second-order valence-electron chi connectivity index (χ2n) is 8.40. The van der Waals surface area contributed by atoms with Crippen LogP contribution in [-0.4, -0.2) is 45.8 Å². The maximum atomic E-state index is 12.8. The van der Waals surface area contributed by atoms with Crippen LogP contribution < -0.4 is 9.80 Å². The molecule has 184 valence electrons. The number of amides is 1. The SMILES string of the molecule is O=C(OCCN(C1=NS(=O)(=O)c2ccccc21)c1ccccc1Cl)[C@H]1CC(=O)N(c2ccccc2)C1. The number of fused-ring (bicyclic) bond motifs is 1. The third-order valence-corrected chi connectivity index (χ3v) is 7.74. The van der Waals surface area contributed by atoms with Crippen molar-refractivity contribution < 1.29 is 22.7 Å². The lowest BCUT2D eigenvalue weighted by Crippen LogP contribution is -2.35. The maximum Gasteiger partial charge on any atom is 0.311 e. The van der Waals surface area contributed by atoms with Crippen LogP contribution in [0.1, 0.15) is 12.0 Å². The summed E-state index contributed by atoms with van der Waals surface area (Å²) in [4.78, 5) is 28.6. The second-order valence-corrected chi connectivity index (χ2v) is 10.4. The monoisotopic (exact) mass is 523 g/mol. The Balaban J connectivity index is 1.33. The van der Waals surface area contributed by atoms with Crippen molar-refractivity contribution in [2.24, 2.45) is 10.3 Å². The highest BCUT2D eigenvalue weighted by atomic mass is 35.5. The summed E-state index contributed by atoms with van der Waals surface area (Å²) >= 11 is 6.43. The van der Waals surface area contributed by atoms with E-state index in [4.69, 9.17) is 16.3 Å². The van der Waals surface area contributed by atoms with Crippen molar-refractivity contribution in [3.63, 3.8) is 0 Å². The summed E-state index contributed by atoms with van der Waals surface area (Å²) in [6.45, 7) is 0.302. The average Bonchev–Trinajstić information content (AvgIpc) is 3.40. The van der Waals surface area contributed by atoms with Crippen LogP contribution in [0.25, 0.3) is 0 Å². The van der Waals surface area contributed by atoms with Crippen molar-refractivity contribution in [3.05, 3.63) is 89.4 Å². The minimum absolute atomic E-state index is 0.0542. The minimum atomic E-state index is -3.86. The van der Waals surface area contributed by atoms with Crippen LogP contribution >= 0.6 is 11.6 Å². The van der Waals surface area contributed by atoms with Crippen molar-refractivity contribution in [2.45, 2.75) is 11.3 Å². The number of esters is 1. The number of hydrogen-bond donors (Lipinski definition) is 0. The zero-order valence-corrected chi connectivity index (χ0v) is 20.7. The zero-order valence-electron chi connectivity index (χ0n) is 19.1. The first-order chi connectivity index (χ1) is 17.3. The van der Waals surface area contributed by atoms with Gasteiger partial charge in [-0.25, -0.2) is 0 Å². The molecule has 0 saturated carbocycles. The van der Waals surface area contributed by atoms with Gasteiger partial charge in [-0.2, -0.15) is 8.42 Å². The highest BCUT2D eigenvalue weighted by Crippen LogP contribution is 2.33. The van der Waals surface area contributed by atoms with E-state index in [-0.39, 0.29) is 42.8 Å². The number of rotatable bonds is 6. The van der Waals surface area contributed by atoms with Gasteiger partial charge in [-0.1, -0.05) is 54.1 Å². The van der Waals surface area contributed by atoms with Gasteiger partial charge in [-0.05, 0) is 36.4 Å². The fourth-order valence-corrected chi connectivity index (χ4v) is 5.82. The van der Waals surface area contributed by atoms with Crippen LogP contribution in [0.5, 0.6) is 0 Å². The molecule has 36 heavy (non-hydrogen) atoms. The summed E-state index contributed by atoms with van der Waals surface area (Å²) in [5.41, 5.74) is 1.72. The first-order valence-corrected chi connectivity index (χ1v) is 13.2. The number of para-hydroxylation sites is 2. The Hall–Kier alpha value is -3.69. The zero-order chi connectivity index (χ0) is 25.3. The van der Waals surface area contributed by atoms with E-state index in [1.807, 2.05) is 30.3 Å². The fraction of sp³-hybridized carbons (Fsp3) is 0.192. The molecule has 0 spiro atoms. The summed E-state index contributed by atoms with van der Waals surface area (Å²) < 4.78 is 34.8. The Morgan fingerprint density at radius 3 is 2.50 bits per heavy atom. The number of halogens is 1. The van der Waals surface area contributed by atoms with Crippen molar-refractivity contribution in [1.82, 2.24) is 0 Å². The average molecular weight is 524 g/mol. The summed E-state index contributed by atoms with van der Waals surface area (Å²) in [5, 5.41) is 0.396. The molecular weight excluding hydrogens is 502 g/mol. The molecule has 0 bridgehead atoms. The molecule has 3 aromatic rings. The molecule has 3 aromatic carbocycles. The third-order valence-electron chi connectivity index (χ3n) is 6.10. The number of benzene rings is 3. The Bertz CT molecular complexity index is 1460. The minimum Gasteiger partial charge on any atom is -0.464 e. The molecule has 0 unspecified atom stereocenters. The van der Waals surface area contributed by atoms with E-state index < -0.39 is 21.9 Å². The van der Waals surface area contributed by atoms with Gasteiger partial charge >= 0.3 is 5.97 Å². The van der Waals surface area contributed by atoms with Crippen molar-refractivity contribution >= 4 is 50.7 Å². The molecule has 10 heteroatoms. The Kier molecular flexibility index (Phi) is 6.51. The standard InChI is InChI=1S/C26H22ClN3O5S/c27-21-11-5-6-12-22(21)29(25-20-10-4-7-13-23(20)36(33,34)28-25)14-15-35-26(32)18-16-24(31)30(17-18)19-8-2-1-3-9-19/h1-13,18H,14-17H2/t18-/m0/s1. The number of carbonyl (C=O) groups excluding carboxylic acids is 2. The van der Waals surface area contributed by atoms with Gasteiger partial charge in [-0.3, -0.25) is 9.59 Å². The number of anilines is 2. The molecule has 5 rings (SSSR count). The van der Waals surface area contributed by atoms with Crippen LogP contribution in [0.2, 0.25) is 5.02 Å². The quantitative estimate of drug-likeness (QED) is 0.455. The lowest BCUT2D eigenvalue weighted by molar-refractivity contribution is -0.148. The van der Waals surface area contributed by atoms with Crippen LogP contribution in [0.3, 0.4) is 0 Å². The third kappa shape index (κ3) is 4.59. The summed E-state index contributed by atoms with van der Waals surface area (Å²) in [6.07, 6.45) is 0.0697. The molecule has 0 radical (unpaired) electrons. The molecule has 0 aliphatic carbocycles. The van der Waals surface area contributed by atoms with Gasteiger partial charge in [0.15, 0.2) is 5.84 Å². The van der Waals surface area contributed by atoms with E-state index in [2.05, 4.69) is 4.40 Å². The molecule has 2 aliphatic rings. The van der Waals surface area contributed by atoms with E-state index >= 15 is 0 Å². The number of nitrogens with zero attached hydrogens (tertiary/aromatic N) is 3. The number of amidine groups is 1. The Labute approximate surface area is 213 Å². The molecule has 1 atom stereocenters. The fourth-order valence-electron chi connectivity index (χ4n) is 4.37. The van der Waals surface area contributed by atoms with Gasteiger partial charge in [0.25, 0.3) is 10.0 Å². The van der Waals surface area contributed by atoms with Crippen LogP contribution in [0, 0.1) is 5.92 Å². The van der Waals surface area contributed by atoms with Crippen LogP contribution in [-0.2, 0) is 24.3 Å². The molecular formula is C26H22ClN3O5S. The molecule has 2 heterocycles. The second kappa shape index (κ2) is 9.75. The smallest absolute Gasteiger partial charge is 0.311 e. The van der Waals surface area contributed by atoms with Gasteiger partial charge in [-0.15, -0.1) is 4.40 Å². The highest BCUT2D eigenvalue weighted by molar-refractivity contribution is 7.90. The number of hydrogen-bond acceptors (Lipinski definition) is 6. The van der Waals surface area contributed by atoms with E-state index in [9.17, 15) is 18.0 Å². The number of sulfonamides is 1. The maximum absolute atomic E-state index is 12.8. The molecule has 1 fully saturated rings. The highest BCUT2D eigenvalue weighted by Gasteiger charge is 2.37. The van der Waals surface area contributed by atoms with Crippen molar-refractivity contribution in [1.29, 1.82) is 0 Å². The van der Waals surface area contributed by atoms with E-state index in [1.165, 1.54) is 6.07 Å². The summed E-state index contributed by atoms with van der Waals surface area (Å²) in [6, 6.07) is 22.7. The van der Waals surface area contributed by atoms with Crippen LogP contribution in [0.4, 0.5) is 11.4 Å². The summed E-state index contributed by atoms with van der Waals surface area (Å²) in [7, 11) is -3.86. The van der Waals surface area contributed by atoms with Gasteiger partial charge in [0.1, 0.15) is 11.5 Å². The Morgan fingerprint density at radius 1 is 1.03 bits per heavy atom. The van der Waals surface area contributed by atoms with Gasteiger partial charge in [0.05, 0.1) is 23.2 Å². The predicted molar refractivity (Wildman–Crippen MR) is 137 cm³/mol. The Morgan fingerprint density at radius 2 is 1.72 bits per heavy atom. The predicted octanol–water partition coefficient (Wildman–Crippen LogP) is 3.89. The van der Waals surface area contributed by atoms with E-state index in [0.29, 0.717) is 16.3 Å². The largest absolute Gasteiger partial charge is 0.464 e. The molecule has 0 N–H and O–H groups in total. The molecule has 1 amide bonds. The molecule has 0 aromatic heterocycles. The first-order valence-electron chi connectivity index (χ1n) is 11.3. The normalized spacial score (nSPS) is 18.0. The molecule has 1 saturated heterocycles. The van der Waals surface area contributed by atoms with E-state index in [0.717, 1.165) is 5.69 Å². The molecule has 8 nitrogen and oxygen atoms in total. The molecule has 2 aliphatic heterocycles. The number of carbonyl (C=O) groups is 2. The summed E-state index contributed by atoms with van der Waals surface area (Å²) in [5.74, 6) is -0.998. The van der Waals surface area contributed by atoms with Gasteiger partial charge in [0, 0.05) is 24.2 Å². The number of ether oxygens (including phenoxy) is 1. The van der Waals surface area contributed by atoms with Gasteiger partial charge < -0.3 is 14.5 Å². The van der Waals surface area contributed by atoms with Crippen molar-refractivity contribution in [3.8, 4) is 0 Å². The lowest BCUT2D eigenvalue weighted by atomic mass is 10.1.